The molecule has 80 valence electrons. The van der Waals surface area contributed by atoms with E-state index in [1.165, 1.54) is 4.68 Å². The molecule has 0 fully saturated rings. The summed E-state index contributed by atoms with van der Waals surface area (Å²) in [7, 11) is -1.40. The highest BCUT2D eigenvalue weighted by Crippen LogP contribution is 2.11. The van der Waals surface area contributed by atoms with E-state index in [1.807, 2.05) is 0 Å². The summed E-state index contributed by atoms with van der Waals surface area (Å²) in [4.78, 5) is 0. The molecule has 0 saturated heterocycles. The third-order valence-electron chi connectivity index (χ3n) is 2.03. The van der Waals surface area contributed by atoms with Crippen LogP contribution in [0.4, 0.5) is 5.82 Å². The Morgan fingerprint density at radius 2 is 2.14 bits per heavy atom. The first-order chi connectivity index (χ1) is 6.33. The van der Waals surface area contributed by atoms with Gasteiger partial charge in [-0.1, -0.05) is 0 Å². The third-order valence-corrected chi connectivity index (χ3v) is 4.17. The first kappa shape index (κ1) is 11.0. The van der Waals surface area contributed by atoms with Crippen LogP contribution in [0, 0.1) is 0 Å². The highest BCUT2D eigenvalue weighted by Gasteiger charge is 2.18. The molecule has 1 aromatic rings. The number of hydrogen-bond donors (Lipinski definition) is 1. The molecular formula is C8H15N3O2S. The number of nitrogens with two attached hydrogens (primary N) is 1. The molecule has 0 saturated carbocycles. The van der Waals surface area contributed by atoms with Crippen LogP contribution in [0.3, 0.4) is 0 Å². The van der Waals surface area contributed by atoms with E-state index >= 15 is 0 Å². The molecule has 0 radical (unpaired) electrons. The van der Waals surface area contributed by atoms with Crippen molar-refractivity contribution in [3.63, 3.8) is 0 Å². The molecule has 14 heavy (non-hydrogen) atoms. The van der Waals surface area contributed by atoms with Gasteiger partial charge in [0, 0.05) is 13.1 Å². The molecule has 0 aromatic carbocycles. The van der Waals surface area contributed by atoms with Crippen LogP contribution in [0.5, 0.6) is 0 Å². The second-order valence-electron chi connectivity index (χ2n) is 3.54. The van der Waals surface area contributed by atoms with Gasteiger partial charge in [-0.25, -0.2) is 8.42 Å². The number of anilines is 1. The fourth-order valence-electron chi connectivity index (χ4n) is 0.987. The molecule has 5 nitrogen and oxygen atoms in total. The molecule has 0 amide bonds. The van der Waals surface area contributed by atoms with Gasteiger partial charge < -0.3 is 5.73 Å². The lowest BCUT2D eigenvalue weighted by Gasteiger charge is -2.04. The lowest BCUT2D eigenvalue weighted by atomic mass is 10.5. The van der Waals surface area contributed by atoms with Crippen LogP contribution in [0.2, 0.25) is 0 Å². The van der Waals surface area contributed by atoms with Gasteiger partial charge in [-0.2, -0.15) is 5.10 Å². The van der Waals surface area contributed by atoms with Crippen molar-refractivity contribution in [3.05, 3.63) is 11.8 Å². The SMILES string of the molecule is CC(C)S(=O)(=O)Cc1cc(N)n(C)n1. The number of sulfone groups is 1. The van der Waals surface area contributed by atoms with Crippen molar-refractivity contribution < 1.29 is 8.42 Å². The van der Waals surface area contributed by atoms with Gasteiger partial charge in [0.25, 0.3) is 0 Å². The molecule has 1 rings (SSSR count). The molecule has 1 aromatic heterocycles. The molecule has 0 unspecified atom stereocenters. The molecule has 0 bridgehead atoms. The van der Waals surface area contributed by atoms with Crippen molar-refractivity contribution in [2.45, 2.75) is 24.9 Å². The first-order valence-corrected chi connectivity index (χ1v) is 6.04. The number of aromatic nitrogens is 2. The number of rotatable bonds is 3. The van der Waals surface area contributed by atoms with Gasteiger partial charge in [-0.3, -0.25) is 4.68 Å². The van der Waals surface area contributed by atoms with Crippen molar-refractivity contribution in [2.75, 3.05) is 5.73 Å². The zero-order valence-electron chi connectivity index (χ0n) is 8.56. The normalized spacial score (nSPS) is 12.3. The first-order valence-electron chi connectivity index (χ1n) is 4.33. The minimum atomic E-state index is -3.09. The lowest BCUT2D eigenvalue weighted by molar-refractivity contribution is 0.585. The standard InChI is InChI=1S/C8H15N3O2S/c1-6(2)14(12,13)5-7-4-8(9)11(3)10-7/h4,6H,5,9H2,1-3H3. The third kappa shape index (κ3) is 2.25. The highest BCUT2D eigenvalue weighted by molar-refractivity contribution is 7.91. The fourth-order valence-corrected chi connectivity index (χ4v) is 1.87. The summed E-state index contributed by atoms with van der Waals surface area (Å²) in [6.45, 7) is 3.31. The van der Waals surface area contributed by atoms with Crippen molar-refractivity contribution in [1.29, 1.82) is 0 Å². The molecule has 2 N–H and O–H groups in total. The van der Waals surface area contributed by atoms with Gasteiger partial charge in [0.05, 0.1) is 16.7 Å². The molecule has 1 heterocycles. The van der Waals surface area contributed by atoms with E-state index in [4.69, 9.17) is 5.73 Å². The predicted octanol–water partition coefficient (Wildman–Crippen LogP) is 0.326. The van der Waals surface area contributed by atoms with Gasteiger partial charge >= 0.3 is 0 Å². The minimum absolute atomic E-state index is 0.0459. The Morgan fingerprint density at radius 1 is 1.57 bits per heavy atom. The van der Waals surface area contributed by atoms with Gasteiger partial charge in [-0.15, -0.1) is 0 Å². The number of nitrogen functional groups attached to an aromatic ring is 1. The van der Waals surface area contributed by atoms with E-state index in [9.17, 15) is 8.42 Å². The van der Waals surface area contributed by atoms with Crippen LogP contribution in [0.25, 0.3) is 0 Å². The summed E-state index contributed by atoms with van der Waals surface area (Å²) < 4.78 is 24.5. The van der Waals surface area contributed by atoms with Gasteiger partial charge in [0.2, 0.25) is 0 Å². The Labute approximate surface area is 83.8 Å². The maximum Gasteiger partial charge on any atom is 0.158 e. The second kappa shape index (κ2) is 3.61. The predicted molar refractivity (Wildman–Crippen MR) is 55.4 cm³/mol. The minimum Gasteiger partial charge on any atom is -0.384 e. The monoisotopic (exact) mass is 217 g/mol. The number of aryl methyl sites for hydroxylation is 1. The van der Waals surface area contributed by atoms with Gasteiger partial charge in [0.15, 0.2) is 9.84 Å². The summed E-state index contributed by atoms with van der Waals surface area (Å²) >= 11 is 0. The van der Waals surface area contributed by atoms with E-state index in [-0.39, 0.29) is 11.0 Å². The van der Waals surface area contributed by atoms with E-state index in [0.29, 0.717) is 11.5 Å². The van der Waals surface area contributed by atoms with Gasteiger partial charge in [0.1, 0.15) is 5.82 Å². The van der Waals surface area contributed by atoms with Crippen LogP contribution in [-0.2, 0) is 22.6 Å². The Morgan fingerprint density at radius 3 is 2.50 bits per heavy atom. The largest absolute Gasteiger partial charge is 0.384 e. The molecule has 0 aliphatic carbocycles. The quantitative estimate of drug-likeness (QED) is 0.791. The van der Waals surface area contributed by atoms with E-state index in [0.717, 1.165) is 0 Å². The summed E-state index contributed by atoms with van der Waals surface area (Å²) in [5.41, 5.74) is 6.04. The van der Waals surface area contributed by atoms with E-state index in [1.54, 1.807) is 27.0 Å². The zero-order chi connectivity index (χ0) is 10.9. The van der Waals surface area contributed by atoms with E-state index < -0.39 is 9.84 Å². The van der Waals surface area contributed by atoms with Gasteiger partial charge in [-0.05, 0) is 13.8 Å². The fraction of sp³-hybridized carbons (Fsp3) is 0.625. The molecule has 0 spiro atoms. The van der Waals surface area contributed by atoms with E-state index in [2.05, 4.69) is 5.10 Å². The second-order valence-corrected chi connectivity index (χ2v) is 6.10. The Balaban J connectivity index is 2.90. The number of nitrogens with zero attached hydrogens (tertiary/aromatic N) is 2. The Bertz CT molecular complexity index is 400. The molecular weight excluding hydrogens is 202 g/mol. The topological polar surface area (TPSA) is 78.0 Å². The van der Waals surface area contributed by atoms with Crippen LogP contribution in [0.1, 0.15) is 19.5 Å². The Kier molecular flexibility index (Phi) is 2.84. The molecule has 0 atom stereocenters. The van der Waals surface area contributed by atoms with Crippen molar-refractivity contribution in [2.24, 2.45) is 7.05 Å². The summed E-state index contributed by atoms with van der Waals surface area (Å²) in [5.74, 6) is 0.425. The maximum absolute atomic E-state index is 11.5. The van der Waals surface area contributed by atoms with Crippen LogP contribution < -0.4 is 5.73 Å². The van der Waals surface area contributed by atoms with Crippen molar-refractivity contribution in [3.8, 4) is 0 Å². The summed E-state index contributed by atoms with van der Waals surface area (Å²) in [5, 5.41) is 3.61. The average Bonchev–Trinajstić information content (AvgIpc) is 2.29. The summed E-state index contributed by atoms with van der Waals surface area (Å²) in [6.07, 6.45) is 0. The van der Waals surface area contributed by atoms with Crippen molar-refractivity contribution in [1.82, 2.24) is 9.78 Å². The molecule has 0 aliphatic heterocycles. The van der Waals surface area contributed by atoms with Crippen LogP contribution in [0.15, 0.2) is 6.07 Å². The Hall–Kier alpha value is -1.04. The van der Waals surface area contributed by atoms with Crippen molar-refractivity contribution >= 4 is 15.7 Å². The molecule has 0 aliphatic rings. The smallest absolute Gasteiger partial charge is 0.158 e. The summed E-state index contributed by atoms with van der Waals surface area (Å²) in [6, 6.07) is 1.58. The molecule has 6 heteroatoms. The van der Waals surface area contributed by atoms with Crippen LogP contribution >= 0.6 is 0 Å². The maximum atomic E-state index is 11.5. The number of hydrogen-bond acceptors (Lipinski definition) is 4. The average molecular weight is 217 g/mol. The zero-order valence-corrected chi connectivity index (χ0v) is 9.37. The highest BCUT2D eigenvalue weighted by atomic mass is 32.2. The lowest BCUT2D eigenvalue weighted by Crippen LogP contribution is -2.16. The van der Waals surface area contributed by atoms with Crippen LogP contribution in [-0.4, -0.2) is 23.4 Å².